The van der Waals surface area contributed by atoms with Gasteiger partial charge in [0.05, 0.1) is 6.04 Å². The molecule has 0 fully saturated rings. The molecular weight excluding hydrogens is 318 g/mol. The highest BCUT2D eigenvalue weighted by atomic mass is 16.1. The molecule has 1 atom stereocenters. The van der Waals surface area contributed by atoms with Crippen molar-refractivity contribution in [3.05, 3.63) is 46.4 Å². The van der Waals surface area contributed by atoms with E-state index in [2.05, 4.69) is 10.3 Å². The van der Waals surface area contributed by atoms with E-state index in [9.17, 15) is 9.59 Å². The maximum Gasteiger partial charge on any atom is 0.278 e. The van der Waals surface area contributed by atoms with Gasteiger partial charge in [-0.25, -0.2) is 4.57 Å². The third-order valence-electron chi connectivity index (χ3n) is 4.41. The lowest BCUT2D eigenvalue weighted by molar-refractivity contribution is -0.683. The Bertz CT molecular complexity index is 1030. The minimum Gasteiger partial charge on any atom is -0.352 e. The number of pyridine rings is 2. The number of hydrogen-bond donors (Lipinski definition) is 2. The van der Waals surface area contributed by atoms with Gasteiger partial charge in [-0.05, 0) is 38.5 Å². The number of amides is 1. The molecule has 3 aromatic rings. The molecule has 3 heterocycles. The van der Waals surface area contributed by atoms with E-state index < -0.39 is 0 Å². The van der Waals surface area contributed by atoms with Gasteiger partial charge in [0.25, 0.3) is 17.1 Å². The van der Waals surface area contributed by atoms with Crippen molar-refractivity contribution in [1.29, 1.82) is 0 Å². The van der Waals surface area contributed by atoms with Gasteiger partial charge in [0.15, 0.2) is 0 Å². The van der Waals surface area contributed by atoms with E-state index in [0.717, 1.165) is 6.42 Å². The molecule has 0 aliphatic heterocycles. The Kier molecular flexibility index (Phi) is 4.39. The maximum absolute atomic E-state index is 12.9. The highest BCUT2D eigenvalue weighted by Gasteiger charge is 2.26. The molecule has 1 amide bonds. The van der Waals surface area contributed by atoms with Gasteiger partial charge >= 0.3 is 0 Å². The summed E-state index contributed by atoms with van der Waals surface area (Å²) in [5.74, 6) is 0.0245. The van der Waals surface area contributed by atoms with Crippen molar-refractivity contribution >= 4 is 28.4 Å². The minimum absolute atomic E-state index is 0.00469. The lowest BCUT2D eigenvalue weighted by Crippen LogP contribution is -2.45. The molecular formula is C18H22N5O2+. The van der Waals surface area contributed by atoms with Crippen LogP contribution in [0.4, 0.5) is 5.82 Å². The van der Waals surface area contributed by atoms with Crippen molar-refractivity contribution in [3.63, 3.8) is 0 Å². The summed E-state index contributed by atoms with van der Waals surface area (Å²) in [4.78, 5) is 30.0. The zero-order valence-corrected chi connectivity index (χ0v) is 14.6. The van der Waals surface area contributed by atoms with Crippen molar-refractivity contribution in [2.24, 2.45) is 0 Å². The van der Waals surface area contributed by atoms with Gasteiger partial charge < -0.3 is 11.1 Å². The van der Waals surface area contributed by atoms with Gasteiger partial charge in [-0.15, -0.1) is 0 Å². The van der Waals surface area contributed by atoms with E-state index in [-0.39, 0.29) is 17.5 Å². The Morgan fingerprint density at radius 3 is 2.84 bits per heavy atom. The minimum atomic E-state index is -0.295. The average molecular weight is 340 g/mol. The summed E-state index contributed by atoms with van der Waals surface area (Å²) >= 11 is 0. The fourth-order valence-corrected chi connectivity index (χ4v) is 2.93. The van der Waals surface area contributed by atoms with E-state index in [1.54, 1.807) is 29.0 Å². The molecule has 7 nitrogen and oxygen atoms in total. The molecule has 130 valence electrons. The number of aromatic nitrogens is 3. The predicted molar refractivity (Wildman–Crippen MR) is 96.6 cm³/mol. The Morgan fingerprint density at radius 2 is 2.16 bits per heavy atom. The molecule has 3 aromatic heterocycles. The Balaban J connectivity index is 2.47. The van der Waals surface area contributed by atoms with E-state index in [0.29, 0.717) is 34.6 Å². The van der Waals surface area contributed by atoms with Gasteiger partial charge in [0, 0.05) is 12.7 Å². The van der Waals surface area contributed by atoms with Gasteiger partial charge in [0.2, 0.25) is 11.5 Å². The fourth-order valence-electron chi connectivity index (χ4n) is 2.93. The number of nitrogen functional groups attached to an aromatic ring is 1. The summed E-state index contributed by atoms with van der Waals surface area (Å²) < 4.78 is 3.26. The first-order valence-electron chi connectivity index (χ1n) is 8.42. The lowest BCUT2D eigenvalue weighted by atomic mass is 10.1. The van der Waals surface area contributed by atoms with Crippen molar-refractivity contribution in [1.82, 2.24) is 14.7 Å². The zero-order valence-electron chi connectivity index (χ0n) is 14.6. The quantitative estimate of drug-likeness (QED) is 0.555. The summed E-state index contributed by atoms with van der Waals surface area (Å²) in [6.07, 6.45) is 2.46. The second-order valence-corrected chi connectivity index (χ2v) is 6.01. The fraction of sp³-hybridized carbons (Fsp3) is 0.333. The second kappa shape index (κ2) is 6.51. The van der Waals surface area contributed by atoms with Crippen LogP contribution in [0.25, 0.3) is 16.7 Å². The molecule has 0 bridgehead atoms. The van der Waals surface area contributed by atoms with Gasteiger partial charge in [0.1, 0.15) is 10.9 Å². The topological polar surface area (TPSA) is 93.4 Å². The predicted octanol–water partition coefficient (Wildman–Crippen LogP) is 1.44. The standard InChI is InChI=1S/C18H21N5O2/c1-4-11(3)23-15(19)12(17(24)20-5-2)10-13-16(23)21-14-8-6-7-9-22(14)18(13)25/h6-11,19H,4-5H2,1-3H3,(H,20,24)/p+1/t11-/m0/s1. The second-order valence-electron chi connectivity index (χ2n) is 6.01. The number of rotatable bonds is 4. The number of nitrogens with one attached hydrogen (secondary N) is 1. The Morgan fingerprint density at radius 1 is 1.40 bits per heavy atom. The van der Waals surface area contributed by atoms with Crippen LogP contribution < -0.4 is 21.2 Å². The van der Waals surface area contributed by atoms with Gasteiger partial charge in [-0.1, -0.05) is 18.0 Å². The van der Waals surface area contributed by atoms with E-state index in [1.165, 1.54) is 4.40 Å². The number of anilines is 1. The Hall–Kier alpha value is -2.96. The third-order valence-corrected chi connectivity index (χ3v) is 4.41. The summed E-state index contributed by atoms with van der Waals surface area (Å²) in [6.45, 7) is 6.33. The van der Waals surface area contributed by atoms with E-state index in [4.69, 9.17) is 5.73 Å². The van der Waals surface area contributed by atoms with Crippen LogP contribution in [-0.4, -0.2) is 21.8 Å². The van der Waals surface area contributed by atoms with E-state index in [1.807, 2.05) is 26.8 Å². The number of nitrogens with two attached hydrogens (primary N) is 1. The number of hydrogen-bond acceptors (Lipinski definition) is 4. The summed E-state index contributed by atoms with van der Waals surface area (Å²) in [5.41, 5.74) is 7.42. The monoisotopic (exact) mass is 340 g/mol. The molecule has 0 saturated heterocycles. The van der Waals surface area contributed by atoms with Crippen molar-refractivity contribution < 1.29 is 9.36 Å². The molecule has 0 aliphatic carbocycles. The number of fused-ring (bicyclic) bond motifs is 2. The van der Waals surface area contributed by atoms with Crippen LogP contribution in [0.3, 0.4) is 0 Å². The van der Waals surface area contributed by atoms with Crippen LogP contribution in [0.15, 0.2) is 35.3 Å². The third kappa shape index (κ3) is 2.71. The number of carbonyl (C=O) groups is 1. The highest BCUT2D eigenvalue weighted by molar-refractivity contribution is 6.00. The smallest absolute Gasteiger partial charge is 0.278 e. The van der Waals surface area contributed by atoms with Crippen molar-refractivity contribution in [2.75, 3.05) is 12.3 Å². The normalized spacial score (nSPS) is 12.4. The first-order valence-corrected chi connectivity index (χ1v) is 8.42. The lowest BCUT2D eigenvalue weighted by Gasteiger charge is -2.16. The molecule has 0 saturated carbocycles. The van der Waals surface area contributed by atoms with Crippen LogP contribution in [-0.2, 0) is 0 Å². The Labute approximate surface area is 145 Å². The highest BCUT2D eigenvalue weighted by Crippen LogP contribution is 2.18. The van der Waals surface area contributed by atoms with Crippen molar-refractivity contribution in [3.8, 4) is 0 Å². The molecule has 0 unspecified atom stereocenters. The van der Waals surface area contributed by atoms with Crippen LogP contribution in [0.1, 0.15) is 43.6 Å². The number of carbonyl (C=O) groups excluding carboxylic acids is 1. The molecule has 7 heteroatoms. The summed E-state index contributed by atoms with van der Waals surface area (Å²) in [6, 6.07) is 6.91. The van der Waals surface area contributed by atoms with Crippen molar-refractivity contribution in [2.45, 2.75) is 33.2 Å². The summed E-state index contributed by atoms with van der Waals surface area (Å²) in [7, 11) is 0. The molecule has 0 aliphatic rings. The average Bonchev–Trinajstić information content (AvgIpc) is 2.61. The molecule has 3 N–H and O–H groups in total. The summed E-state index contributed by atoms with van der Waals surface area (Å²) in [5, 5.41) is 3.12. The molecule has 0 spiro atoms. The van der Waals surface area contributed by atoms with Crippen LogP contribution in [0.5, 0.6) is 0 Å². The molecule has 0 aromatic carbocycles. The van der Waals surface area contributed by atoms with E-state index >= 15 is 0 Å². The number of nitrogens with zero attached hydrogens (tertiary/aromatic N) is 3. The van der Waals surface area contributed by atoms with Crippen LogP contribution in [0, 0.1) is 0 Å². The van der Waals surface area contributed by atoms with Gasteiger partial charge in [-0.2, -0.15) is 0 Å². The maximum atomic E-state index is 12.9. The molecule has 25 heavy (non-hydrogen) atoms. The van der Waals surface area contributed by atoms with Crippen LogP contribution >= 0.6 is 0 Å². The first kappa shape index (κ1) is 16.9. The zero-order chi connectivity index (χ0) is 18.1. The SMILES string of the molecule is CCNC(=O)c1cc2c(=O)n3ccccc3nc2[n+]([C@@H](C)CC)c1N. The largest absolute Gasteiger partial charge is 0.352 e. The van der Waals surface area contributed by atoms with Crippen LogP contribution in [0.2, 0.25) is 0 Å². The molecule has 3 rings (SSSR count). The first-order chi connectivity index (χ1) is 12.0. The molecule has 0 radical (unpaired) electrons. The van der Waals surface area contributed by atoms with Gasteiger partial charge in [-0.3, -0.25) is 14.0 Å².